The second-order valence-electron chi connectivity index (χ2n) is 5.77. The molecule has 1 saturated carbocycles. The van der Waals surface area contributed by atoms with Gasteiger partial charge in [-0.25, -0.2) is 0 Å². The third kappa shape index (κ3) is 6.10. The number of hydrogen-bond donors (Lipinski definition) is 3. The summed E-state index contributed by atoms with van der Waals surface area (Å²) in [5.74, 6) is 0.598. The fourth-order valence-electron chi connectivity index (χ4n) is 2.73. The maximum absolute atomic E-state index is 12.0. The van der Waals surface area contributed by atoms with E-state index in [0.717, 1.165) is 18.4 Å². The number of guanidine groups is 1. The van der Waals surface area contributed by atoms with Crippen LogP contribution >= 0.6 is 11.6 Å². The van der Waals surface area contributed by atoms with Crippen molar-refractivity contribution in [3.05, 3.63) is 34.9 Å². The lowest BCUT2D eigenvalue weighted by atomic mass is 9.95. The van der Waals surface area contributed by atoms with E-state index >= 15 is 0 Å². The van der Waals surface area contributed by atoms with Crippen LogP contribution in [0.15, 0.2) is 29.3 Å². The van der Waals surface area contributed by atoms with E-state index in [4.69, 9.17) is 11.6 Å². The van der Waals surface area contributed by atoms with Gasteiger partial charge in [-0.05, 0) is 24.5 Å². The molecule has 6 heteroatoms. The highest BCUT2D eigenvalue weighted by molar-refractivity contribution is 6.31. The van der Waals surface area contributed by atoms with E-state index in [1.807, 2.05) is 24.3 Å². The molecule has 0 heterocycles. The number of aliphatic imine (C=N–C) groups is 1. The molecule has 1 fully saturated rings. The minimum atomic E-state index is 0.0117. The maximum Gasteiger partial charge on any atom is 0.239 e. The van der Waals surface area contributed by atoms with E-state index in [9.17, 15) is 4.79 Å². The zero-order chi connectivity index (χ0) is 16.5. The number of carbonyl (C=O) groups is 1. The fraction of sp³-hybridized carbons (Fsp3) is 0.529. The average Bonchev–Trinajstić information content (AvgIpc) is 2.57. The molecular formula is C17H25ClN4O. The molecule has 1 aliphatic rings. The number of halogens is 1. The quantitative estimate of drug-likeness (QED) is 0.571. The van der Waals surface area contributed by atoms with E-state index in [1.165, 1.54) is 19.3 Å². The molecule has 0 saturated heterocycles. The molecule has 126 valence electrons. The monoisotopic (exact) mass is 336 g/mol. The number of nitrogens with one attached hydrogen (secondary N) is 3. The Labute approximate surface area is 142 Å². The second kappa shape index (κ2) is 9.40. The van der Waals surface area contributed by atoms with Gasteiger partial charge in [0, 0.05) is 24.7 Å². The minimum Gasteiger partial charge on any atom is -0.352 e. The number of amides is 1. The van der Waals surface area contributed by atoms with Gasteiger partial charge >= 0.3 is 0 Å². The predicted molar refractivity (Wildman–Crippen MR) is 94.7 cm³/mol. The third-order valence-corrected chi connectivity index (χ3v) is 4.38. The number of carbonyl (C=O) groups excluding carboxylic acids is 1. The maximum atomic E-state index is 12.0. The first kappa shape index (κ1) is 17.6. The van der Waals surface area contributed by atoms with Crippen LogP contribution in [-0.4, -0.2) is 31.5 Å². The molecule has 0 bridgehead atoms. The van der Waals surface area contributed by atoms with Gasteiger partial charge in [0.15, 0.2) is 5.96 Å². The predicted octanol–water partition coefficient (Wildman–Crippen LogP) is 2.45. The van der Waals surface area contributed by atoms with Crippen LogP contribution in [0.3, 0.4) is 0 Å². The van der Waals surface area contributed by atoms with E-state index in [1.54, 1.807) is 7.05 Å². The van der Waals surface area contributed by atoms with Gasteiger partial charge in [0.2, 0.25) is 5.91 Å². The molecule has 2 rings (SSSR count). The number of hydrogen-bond acceptors (Lipinski definition) is 2. The van der Waals surface area contributed by atoms with Crippen LogP contribution in [0.5, 0.6) is 0 Å². The first-order valence-corrected chi connectivity index (χ1v) is 8.54. The van der Waals surface area contributed by atoms with Crippen LogP contribution in [0.25, 0.3) is 0 Å². The smallest absolute Gasteiger partial charge is 0.239 e. The van der Waals surface area contributed by atoms with Crippen molar-refractivity contribution in [1.29, 1.82) is 0 Å². The van der Waals surface area contributed by atoms with Crippen molar-refractivity contribution in [2.45, 2.75) is 44.7 Å². The molecular weight excluding hydrogens is 312 g/mol. The SMILES string of the molecule is CN=C(NCC(=O)NC1CCCCC1)NCc1ccccc1Cl. The Hall–Kier alpha value is -1.75. The van der Waals surface area contributed by atoms with E-state index in [2.05, 4.69) is 20.9 Å². The zero-order valence-electron chi connectivity index (χ0n) is 13.6. The van der Waals surface area contributed by atoms with Gasteiger partial charge in [-0.1, -0.05) is 49.1 Å². The molecule has 0 atom stereocenters. The summed E-state index contributed by atoms with van der Waals surface area (Å²) in [7, 11) is 1.68. The van der Waals surface area contributed by atoms with Crippen LogP contribution in [0, 0.1) is 0 Å². The molecule has 0 aliphatic heterocycles. The molecule has 1 amide bonds. The van der Waals surface area contributed by atoms with Crippen molar-refractivity contribution in [1.82, 2.24) is 16.0 Å². The molecule has 0 unspecified atom stereocenters. The van der Waals surface area contributed by atoms with E-state index in [0.29, 0.717) is 23.6 Å². The Morgan fingerprint density at radius 3 is 2.65 bits per heavy atom. The summed E-state index contributed by atoms with van der Waals surface area (Å²) in [5, 5.41) is 9.98. The van der Waals surface area contributed by atoms with Gasteiger partial charge in [-0.2, -0.15) is 0 Å². The van der Waals surface area contributed by atoms with Crippen molar-refractivity contribution in [2.24, 2.45) is 4.99 Å². The molecule has 1 aliphatic carbocycles. The zero-order valence-corrected chi connectivity index (χ0v) is 14.3. The Bertz CT molecular complexity index is 541. The molecule has 0 aromatic heterocycles. The van der Waals surface area contributed by atoms with Crippen molar-refractivity contribution in [3.63, 3.8) is 0 Å². The largest absolute Gasteiger partial charge is 0.352 e. The molecule has 3 N–H and O–H groups in total. The Morgan fingerprint density at radius 1 is 1.22 bits per heavy atom. The summed E-state index contributed by atoms with van der Waals surface area (Å²) in [6, 6.07) is 7.98. The van der Waals surface area contributed by atoms with Gasteiger partial charge < -0.3 is 16.0 Å². The first-order valence-electron chi connectivity index (χ1n) is 8.16. The van der Waals surface area contributed by atoms with Gasteiger partial charge in [-0.3, -0.25) is 9.79 Å². The summed E-state index contributed by atoms with van der Waals surface area (Å²) in [6.45, 7) is 0.780. The molecule has 0 radical (unpaired) electrons. The third-order valence-electron chi connectivity index (χ3n) is 4.01. The molecule has 0 spiro atoms. The average molecular weight is 337 g/mol. The van der Waals surface area contributed by atoms with Crippen LogP contribution in [0.1, 0.15) is 37.7 Å². The molecule has 1 aromatic rings. The van der Waals surface area contributed by atoms with Crippen LogP contribution in [0.4, 0.5) is 0 Å². The summed E-state index contributed by atoms with van der Waals surface area (Å²) in [4.78, 5) is 16.1. The standard InChI is InChI=1S/C17H25ClN4O/c1-19-17(20-11-13-7-5-6-10-15(13)18)21-12-16(23)22-14-8-3-2-4-9-14/h5-7,10,14H,2-4,8-9,11-12H2,1H3,(H,22,23)(H2,19,20,21). The summed E-state index contributed by atoms with van der Waals surface area (Å²) < 4.78 is 0. The molecule has 5 nitrogen and oxygen atoms in total. The van der Waals surface area contributed by atoms with Crippen LogP contribution in [0.2, 0.25) is 5.02 Å². The molecule has 1 aromatic carbocycles. The number of nitrogens with zero attached hydrogens (tertiary/aromatic N) is 1. The van der Waals surface area contributed by atoms with E-state index < -0.39 is 0 Å². The lowest BCUT2D eigenvalue weighted by Crippen LogP contribution is -2.45. The summed E-state index contributed by atoms with van der Waals surface area (Å²) in [5.41, 5.74) is 0.990. The summed E-state index contributed by atoms with van der Waals surface area (Å²) >= 11 is 6.12. The van der Waals surface area contributed by atoms with Crippen molar-refractivity contribution in [3.8, 4) is 0 Å². The highest BCUT2D eigenvalue weighted by Gasteiger charge is 2.15. The first-order chi connectivity index (χ1) is 11.2. The Morgan fingerprint density at radius 2 is 1.96 bits per heavy atom. The van der Waals surface area contributed by atoms with Gasteiger partial charge in [0.05, 0.1) is 6.54 Å². The van der Waals surface area contributed by atoms with E-state index in [-0.39, 0.29) is 12.5 Å². The Kier molecular flexibility index (Phi) is 7.20. The van der Waals surface area contributed by atoms with Crippen molar-refractivity contribution < 1.29 is 4.79 Å². The normalized spacial score (nSPS) is 16.0. The topological polar surface area (TPSA) is 65.5 Å². The van der Waals surface area contributed by atoms with Crippen molar-refractivity contribution in [2.75, 3.05) is 13.6 Å². The lowest BCUT2D eigenvalue weighted by Gasteiger charge is -2.23. The highest BCUT2D eigenvalue weighted by atomic mass is 35.5. The molecule has 23 heavy (non-hydrogen) atoms. The number of rotatable bonds is 5. The summed E-state index contributed by atoms with van der Waals surface area (Å²) in [6.07, 6.45) is 5.87. The van der Waals surface area contributed by atoms with Crippen molar-refractivity contribution >= 4 is 23.5 Å². The second-order valence-corrected chi connectivity index (χ2v) is 6.18. The fourth-order valence-corrected chi connectivity index (χ4v) is 2.93. The van der Waals surface area contributed by atoms with Gasteiger partial charge in [0.25, 0.3) is 0 Å². The van der Waals surface area contributed by atoms with Crippen LogP contribution < -0.4 is 16.0 Å². The number of benzene rings is 1. The minimum absolute atomic E-state index is 0.0117. The van der Waals surface area contributed by atoms with Crippen LogP contribution in [-0.2, 0) is 11.3 Å². The lowest BCUT2D eigenvalue weighted by molar-refractivity contribution is -0.120. The van der Waals surface area contributed by atoms with Gasteiger partial charge in [-0.15, -0.1) is 0 Å². The highest BCUT2D eigenvalue weighted by Crippen LogP contribution is 2.17. The van der Waals surface area contributed by atoms with Gasteiger partial charge in [0.1, 0.15) is 0 Å². The Balaban J connectivity index is 1.72.